The normalized spacial score (nSPS) is 12.0. The van der Waals surface area contributed by atoms with E-state index in [9.17, 15) is 22.8 Å². The first-order valence-electron chi connectivity index (χ1n) is 11.9. The second-order valence-electron chi connectivity index (χ2n) is 8.52. The highest BCUT2D eigenvalue weighted by atomic mass is 32.2. The summed E-state index contributed by atoms with van der Waals surface area (Å²) in [6.45, 7) is 2.78. The van der Waals surface area contributed by atoms with Gasteiger partial charge in [-0.1, -0.05) is 6.92 Å². The lowest BCUT2D eigenvalue weighted by Crippen LogP contribution is -2.32. The maximum absolute atomic E-state index is 12.9. The van der Waals surface area contributed by atoms with Crippen molar-refractivity contribution < 1.29 is 32.3 Å². The van der Waals surface area contributed by atoms with E-state index < -0.39 is 33.9 Å². The number of rotatable bonds is 9. The summed E-state index contributed by atoms with van der Waals surface area (Å²) in [4.78, 5) is 44.3. The van der Waals surface area contributed by atoms with Crippen molar-refractivity contribution in [1.29, 1.82) is 0 Å². The molecule has 4 rings (SSSR count). The molecule has 0 fully saturated rings. The molecule has 0 saturated carbocycles. The number of hydrogen-bond acceptors (Lipinski definition) is 8. The van der Waals surface area contributed by atoms with E-state index in [-0.39, 0.29) is 16.9 Å². The number of hydrogen-bond donors (Lipinski definition) is 3. The van der Waals surface area contributed by atoms with Crippen molar-refractivity contribution in [3.05, 3.63) is 72.3 Å². The number of anilines is 1. The summed E-state index contributed by atoms with van der Waals surface area (Å²) in [5.74, 6) is -0.630. The highest BCUT2D eigenvalue weighted by Gasteiger charge is 2.23. The van der Waals surface area contributed by atoms with E-state index in [1.165, 1.54) is 24.3 Å². The third-order valence-corrected chi connectivity index (χ3v) is 7.15. The molecule has 1 heterocycles. The molecule has 0 aliphatic carbocycles. The molecule has 0 bridgehead atoms. The SMILES string of the molecule is CCC(OC(=O)c1ccc2nc(-c3ccc(OC)cc3)[nH]c2c1)C(=O)Nc1ccc(S(=O)(=O)NC(C)=O)cc1. The quantitative estimate of drug-likeness (QED) is 0.267. The molecule has 1 atom stereocenters. The van der Waals surface area contributed by atoms with Gasteiger partial charge in [-0.3, -0.25) is 9.59 Å². The first kappa shape index (κ1) is 27.3. The molecular weight excluding hydrogens is 524 g/mol. The van der Waals surface area contributed by atoms with Crippen LogP contribution in [0.1, 0.15) is 30.6 Å². The summed E-state index contributed by atoms with van der Waals surface area (Å²) in [5, 5.41) is 2.61. The number of fused-ring (bicyclic) bond motifs is 1. The summed E-state index contributed by atoms with van der Waals surface area (Å²) >= 11 is 0. The highest BCUT2D eigenvalue weighted by molar-refractivity contribution is 7.90. The number of nitrogens with zero attached hydrogens (tertiary/aromatic N) is 1. The fraction of sp³-hybridized carbons (Fsp3) is 0.185. The van der Waals surface area contributed by atoms with Gasteiger partial charge in [0.05, 0.1) is 28.6 Å². The molecule has 3 N–H and O–H groups in total. The second-order valence-corrected chi connectivity index (χ2v) is 10.2. The lowest BCUT2D eigenvalue weighted by molar-refractivity contribution is -0.124. The van der Waals surface area contributed by atoms with Crippen LogP contribution in [0, 0.1) is 0 Å². The zero-order valence-corrected chi connectivity index (χ0v) is 22.2. The third kappa shape index (κ3) is 6.41. The van der Waals surface area contributed by atoms with Crippen molar-refractivity contribution in [3.63, 3.8) is 0 Å². The minimum absolute atomic E-state index is 0.140. The number of esters is 1. The second kappa shape index (κ2) is 11.4. The van der Waals surface area contributed by atoms with Gasteiger partial charge in [0.15, 0.2) is 6.10 Å². The number of benzene rings is 3. The van der Waals surface area contributed by atoms with Crippen LogP contribution in [0.3, 0.4) is 0 Å². The van der Waals surface area contributed by atoms with Gasteiger partial charge in [-0.15, -0.1) is 0 Å². The largest absolute Gasteiger partial charge is 0.497 e. The summed E-state index contributed by atoms with van der Waals surface area (Å²) in [5.41, 5.74) is 2.67. The number of aromatic nitrogens is 2. The van der Waals surface area contributed by atoms with E-state index in [1.54, 1.807) is 32.2 Å². The standard InChI is InChI=1S/C27H26N4O7S/c1-4-24(26(33)28-19-8-12-21(13-9-19)39(35,36)31-16(2)32)38-27(34)18-7-14-22-23(15-18)30-25(29-22)17-5-10-20(37-3)11-6-17/h5-15,24H,4H2,1-3H3,(H,28,33)(H,29,30)(H,31,32). The molecular formula is C27H26N4O7S. The number of carbonyl (C=O) groups is 3. The van der Waals surface area contributed by atoms with Gasteiger partial charge in [0.25, 0.3) is 15.9 Å². The monoisotopic (exact) mass is 550 g/mol. The lowest BCUT2D eigenvalue weighted by atomic mass is 10.2. The summed E-state index contributed by atoms with van der Waals surface area (Å²) in [6.07, 6.45) is -0.881. The number of ether oxygens (including phenoxy) is 2. The minimum Gasteiger partial charge on any atom is -0.497 e. The Bertz CT molecular complexity index is 1630. The van der Waals surface area contributed by atoms with Crippen molar-refractivity contribution in [1.82, 2.24) is 14.7 Å². The molecule has 0 saturated heterocycles. The Labute approximate surface area is 224 Å². The average molecular weight is 551 g/mol. The van der Waals surface area contributed by atoms with Crippen molar-refractivity contribution >= 4 is 44.5 Å². The minimum atomic E-state index is -4.00. The number of H-pyrrole nitrogens is 1. The summed E-state index contributed by atoms with van der Waals surface area (Å²) < 4.78 is 36.7. The van der Waals surface area contributed by atoms with Crippen LogP contribution in [0.5, 0.6) is 5.75 Å². The van der Waals surface area contributed by atoms with Gasteiger partial charge < -0.3 is 19.8 Å². The van der Waals surface area contributed by atoms with Gasteiger partial charge in [-0.25, -0.2) is 22.9 Å². The number of aromatic amines is 1. The number of imidazole rings is 1. The van der Waals surface area contributed by atoms with Crippen molar-refractivity contribution in [2.45, 2.75) is 31.3 Å². The zero-order chi connectivity index (χ0) is 28.2. The molecule has 11 nitrogen and oxygen atoms in total. The van der Waals surface area contributed by atoms with Crippen molar-refractivity contribution in [2.75, 3.05) is 12.4 Å². The van der Waals surface area contributed by atoms with Crippen LogP contribution in [0.25, 0.3) is 22.4 Å². The van der Waals surface area contributed by atoms with E-state index >= 15 is 0 Å². The van der Waals surface area contributed by atoms with Gasteiger partial charge in [0, 0.05) is 18.2 Å². The van der Waals surface area contributed by atoms with Crippen LogP contribution >= 0.6 is 0 Å². The lowest BCUT2D eigenvalue weighted by Gasteiger charge is -2.16. The van der Waals surface area contributed by atoms with Crippen LogP contribution in [0.2, 0.25) is 0 Å². The van der Waals surface area contributed by atoms with E-state index in [1.807, 2.05) is 29.0 Å². The predicted molar refractivity (Wildman–Crippen MR) is 144 cm³/mol. The molecule has 202 valence electrons. The zero-order valence-electron chi connectivity index (χ0n) is 21.3. The van der Waals surface area contributed by atoms with Gasteiger partial charge >= 0.3 is 5.97 Å². The molecule has 0 spiro atoms. The van der Waals surface area contributed by atoms with Gasteiger partial charge in [0.2, 0.25) is 5.91 Å². The Balaban J connectivity index is 1.43. The van der Waals surface area contributed by atoms with Gasteiger partial charge in [-0.2, -0.15) is 0 Å². The Morgan fingerprint density at radius 1 is 1.00 bits per heavy atom. The van der Waals surface area contributed by atoms with Gasteiger partial charge in [0.1, 0.15) is 11.6 Å². The number of carbonyl (C=O) groups excluding carboxylic acids is 3. The Hall–Kier alpha value is -4.71. The molecule has 4 aromatic rings. The predicted octanol–water partition coefficient (Wildman–Crippen LogP) is 3.64. The maximum Gasteiger partial charge on any atom is 0.338 e. The molecule has 1 aromatic heterocycles. The Morgan fingerprint density at radius 3 is 2.31 bits per heavy atom. The van der Waals surface area contributed by atoms with E-state index in [2.05, 4.69) is 15.3 Å². The van der Waals surface area contributed by atoms with Crippen LogP contribution in [0.4, 0.5) is 5.69 Å². The highest BCUT2D eigenvalue weighted by Crippen LogP contribution is 2.24. The molecule has 3 aromatic carbocycles. The van der Waals surface area contributed by atoms with Crippen LogP contribution in [0.15, 0.2) is 71.6 Å². The topological polar surface area (TPSA) is 157 Å². The smallest absolute Gasteiger partial charge is 0.338 e. The van der Waals surface area contributed by atoms with E-state index in [4.69, 9.17) is 9.47 Å². The molecule has 12 heteroatoms. The number of nitrogens with one attached hydrogen (secondary N) is 3. The molecule has 2 amide bonds. The molecule has 0 aliphatic heterocycles. The molecule has 0 radical (unpaired) electrons. The van der Waals surface area contributed by atoms with E-state index in [0.29, 0.717) is 22.5 Å². The van der Waals surface area contributed by atoms with Crippen molar-refractivity contribution in [2.24, 2.45) is 0 Å². The number of sulfonamides is 1. The molecule has 39 heavy (non-hydrogen) atoms. The summed E-state index contributed by atoms with van der Waals surface area (Å²) in [7, 11) is -2.41. The third-order valence-electron chi connectivity index (χ3n) is 5.70. The average Bonchev–Trinajstić information content (AvgIpc) is 3.34. The Kier molecular flexibility index (Phi) is 7.96. The Morgan fingerprint density at radius 2 is 1.69 bits per heavy atom. The molecule has 1 unspecified atom stereocenters. The van der Waals surface area contributed by atoms with Crippen molar-refractivity contribution in [3.8, 4) is 17.1 Å². The number of methoxy groups -OCH3 is 1. The summed E-state index contributed by atoms with van der Waals surface area (Å²) in [6, 6.07) is 17.5. The van der Waals surface area contributed by atoms with Crippen LogP contribution < -0.4 is 14.8 Å². The van der Waals surface area contributed by atoms with E-state index in [0.717, 1.165) is 18.2 Å². The maximum atomic E-state index is 12.9. The fourth-order valence-corrected chi connectivity index (χ4v) is 4.72. The first-order valence-corrected chi connectivity index (χ1v) is 13.4. The fourth-order valence-electron chi connectivity index (χ4n) is 3.73. The van der Waals surface area contributed by atoms with Crippen LogP contribution in [-0.4, -0.2) is 49.4 Å². The first-order chi connectivity index (χ1) is 18.6. The molecule has 0 aliphatic rings. The number of amides is 2. The van der Waals surface area contributed by atoms with Crippen LogP contribution in [-0.2, 0) is 24.3 Å². The van der Waals surface area contributed by atoms with Gasteiger partial charge in [-0.05, 0) is 73.2 Å².